The number of rotatable bonds is 4. The Balaban J connectivity index is 1.88. The summed E-state index contributed by atoms with van der Waals surface area (Å²) >= 11 is 0. The minimum absolute atomic E-state index is 0.138. The molecule has 3 rings (SSSR count). The van der Waals surface area contributed by atoms with Crippen molar-refractivity contribution < 1.29 is 19.4 Å². The lowest BCUT2D eigenvalue weighted by Gasteiger charge is -2.06. The van der Waals surface area contributed by atoms with Crippen LogP contribution in [0.2, 0.25) is 0 Å². The first kappa shape index (κ1) is 13.9. The highest BCUT2D eigenvalue weighted by Gasteiger charge is 2.19. The Hall–Kier alpha value is -3.08. The lowest BCUT2D eigenvalue weighted by Crippen LogP contribution is -2.00. The topological polar surface area (TPSA) is 110 Å². The summed E-state index contributed by atoms with van der Waals surface area (Å²) in [4.78, 5) is 15.1. The molecule has 0 saturated heterocycles. The fourth-order valence-corrected chi connectivity index (χ4v) is 1.69. The first-order valence-electron chi connectivity index (χ1n) is 6.55. The summed E-state index contributed by atoms with van der Waals surface area (Å²) in [5.41, 5.74) is 0.341. The van der Waals surface area contributed by atoms with E-state index in [1.54, 1.807) is 6.07 Å². The van der Waals surface area contributed by atoms with E-state index in [4.69, 9.17) is 14.6 Å². The number of aromatic carboxylic acids is 1. The third-order valence-electron chi connectivity index (χ3n) is 2.95. The maximum Gasteiger partial charge on any atom is 0.359 e. The number of carboxylic acid groups (broad SMARTS) is 1. The van der Waals surface area contributed by atoms with Crippen molar-refractivity contribution in [2.24, 2.45) is 5.92 Å². The van der Waals surface area contributed by atoms with Gasteiger partial charge in [-0.2, -0.15) is 0 Å². The van der Waals surface area contributed by atoms with Gasteiger partial charge in [0.2, 0.25) is 11.6 Å². The number of nitrogens with one attached hydrogen (secondary N) is 1. The molecule has 0 radical (unpaired) electrons. The summed E-state index contributed by atoms with van der Waals surface area (Å²) in [6.07, 6.45) is 3.63. The van der Waals surface area contributed by atoms with Gasteiger partial charge in [-0.25, -0.2) is 14.9 Å². The molecule has 0 atom stereocenters. The summed E-state index contributed by atoms with van der Waals surface area (Å²) in [5.74, 6) is 5.89. The number of aromatic nitrogens is 4. The zero-order chi connectivity index (χ0) is 15.5. The van der Waals surface area contributed by atoms with Gasteiger partial charge in [-0.3, -0.25) is 0 Å². The van der Waals surface area contributed by atoms with Crippen molar-refractivity contribution in [3.63, 3.8) is 0 Å². The van der Waals surface area contributed by atoms with E-state index in [1.807, 2.05) is 0 Å². The Bertz CT molecular complexity index is 771. The quantitative estimate of drug-likeness (QED) is 0.822. The summed E-state index contributed by atoms with van der Waals surface area (Å²) in [5, 5.41) is 18.2. The van der Waals surface area contributed by atoms with Gasteiger partial charge in [-0.05, 0) is 12.8 Å². The third kappa shape index (κ3) is 2.98. The zero-order valence-electron chi connectivity index (χ0n) is 11.7. The van der Waals surface area contributed by atoms with Crippen molar-refractivity contribution in [3.05, 3.63) is 23.5 Å². The van der Waals surface area contributed by atoms with E-state index in [0.717, 1.165) is 12.8 Å². The van der Waals surface area contributed by atoms with Crippen LogP contribution in [0.25, 0.3) is 0 Å². The van der Waals surface area contributed by atoms with E-state index in [1.165, 1.54) is 13.3 Å². The van der Waals surface area contributed by atoms with E-state index < -0.39 is 5.97 Å². The fraction of sp³-hybridized carbons (Fsp3) is 0.286. The molecule has 2 N–H and O–H groups in total. The molecule has 8 nitrogen and oxygen atoms in total. The molecule has 0 amide bonds. The van der Waals surface area contributed by atoms with Crippen molar-refractivity contribution >= 4 is 5.97 Å². The molecule has 0 aromatic carbocycles. The van der Waals surface area contributed by atoms with E-state index in [2.05, 4.69) is 32.2 Å². The number of carbonyl (C=O) groups is 1. The monoisotopic (exact) mass is 300 g/mol. The molecule has 0 aliphatic heterocycles. The van der Waals surface area contributed by atoms with Gasteiger partial charge in [-0.15, -0.1) is 0 Å². The van der Waals surface area contributed by atoms with E-state index in [0.29, 0.717) is 23.1 Å². The second-order valence-electron chi connectivity index (χ2n) is 4.67. The molecular weight excluding hydrogens is 288 g/mol. The Labute approximate surface area is 125 Å². The molecule has 1 aliphatic rings. The van der Waals surface area contributed by atoms with Gasteiger partial charge >= 0.3 is 5.97 Å². The predicted octanol–water partition coefficient (Wildman–Crippen LogP) is 1.46. The van der Waals surface area contributed by atoms with Gasteiger partial charge in [0.15, 0.2) is 0 Å². The molecule has 22 heavy (non-hydrogen) atoms. The molecule has 2 heterocycles. The molecule has 1 aliphatic carbocycles. The molecule has 1 fully saturated rings. The van der Waals surface area contributed by atoms with Crippen LogP contribution >= 0.6 is 0 Å². The lowest BCUT2D eigenvalue weighted by atomic mass is 10.2. The molecule has 112 valence electrons. The average Bonchev–Trinajstić information content (AvgIpc) is 3.22. The van der Waals surface area contributed by atoms with Crippen LogP contribution in [0, 0.1) is 17.8 Å². The summed E-state index contributed by atoms with van der Waals surface area (Å²) in [6, 6.07) is 1.63. The van der Waals surface area contributed by atoms with Crippen LogP contribution in [-0.4, -0.2) is 38.6 Å². The van der Waals surface area contributed by atoms with Gasteiger partial charge in [0, 0.05) is 12.0 Å². The first-order chi connectivity index (χ1) is 10.7. The number of aromatic amines is 1. The SMILES string of the molecule is COc1ncc(Oc2nn[nH]c2C(=O)O)cc1C#CC1CC1. The highest BCUT2D eigenvalue weighted by Crippen LogP contribution is 2.29. The number of carboxylic acids is 1. The van der Waals surface area contributed by atoms with Crippen molar-refractivity contribution in [1.82, 2.24) is 20.4 Å². The molecule has 8 heteroatoms. The summed E-state index contributed by atoms with van der Waals surface area (Å²) in [7, 11) is 1.51. The van der Waals surface area contributed by atoms with Crippen LogP contribution in [0.4, 0.5) is 0 Å². The molecule has 1 saturated carbocycles. The number of pyridine rings is 1. The smallest absolute Gasteiger partial charge is 0.359 e. The Morgan fingerprint density at radius 3 is 2.95 bits per heavy atom. The van der Waals surface area contributed by atoms with Crippen molar-refractivity contribution in [1.29, 1.82) is 0 Å². The number of methoxy groups -OCH3 is 1. The highest BCUT2D eigenvalue weighted by molar-refractivity contribution is 5.87. The number of nitrogens with zero attached hydrogens (tertiary/aromatic N) is 3. The molecule has 0 unspecified atom stereocenters. The van der Waals surface area contributed by atoms with E-state index >= 15 is 0 Å². The first-order valence-corrected chi connectivity index (χ1v) is 6.55. The number of hydrogen-bond donors (Lipinski definition) is 2. The number of H-pyrrole nitrogens is 1. The molecule has 0 bridgehead atoms. The molecule has 2 aromatic heterocycles. The van der Waals surface area contributed by atoms with Gasteiger partial charge in [0.1, 0.15) is 5.75 Å². The van der Waals surface area contributed by atoms with Gasteiger partial charge < -0.3 is 14.6 Å². The van der Waals surface area contributed by atoms with Crippen molar-refractivity contribution in [2.75, 3.05) is 7.11 Å². The standard InChI is InChI=1S/C14H12N4O4/c1-21-12-9(5-4-8-2-3-8)6-10(7-15-12)22-13-11(14(19)20)16-18-17-13/h6-8H,2-3H2,1H3,(H,19,20)(H,16,17,18). The Morgan fingerprint density at radius 1 is 1.45 bits per heavy atom. The van der Waals surface area contributed by atoms with Gasteiger partial charge in [0.05, 0.1) is 18.9 Å². The highest BCUT2D eigenvalue weighted by atomic mass is 16.5. The maximum absolute atomic E-state index is 11.0. The van der Waals surface area contributed by atoms with Gasteiger partial charge in [-0.1, -0.05) is 22.2 Å². The van der Waals surface area contributed by atoms with Crippen molar-refractivity contribution in [3.8, 4) is 29.4 Å². The van der Waals surface area contributed by atoms with Crippen LogP contribution < -0.4 is 9.47 Å². The molecule has 2 aromatic rings. The maximum atomic E-state index is 11.0. The summed E-state index contributed by atoms with van der Waals surface area (Å²) in [6.45, 7) is 0. The van der Waals surface area contributed by atoms with Crippen LogP contribution in [-0.2, 0) is 0 Å². The minimum atomic E-state index is -1.21. The largest absolute Gasteiger partial charge is 0.480 e. The zero-order valence-corrected chi connectivity index (χ0v) is 11.7. The Kier molecular flexibility index (Phi) is 3.62. The minimum Gasteiger partial charge on any atom is -0.480 e. The Morgan fingerprint density at radius 2 is 2.27 bits per heavy atom. The van der Waals surface area contributed by atoms with Crippen LogP contribution in [0.3, 0.4) is 0 Å². The normalized spacial score (nSPS) is 13.1. The van der Waals surface area contributed by atoms with E-state index in [-0.39, 0.29) is 11.6 Å². The molecule has 0 spiro atoms. The second kappa shape index (κ2) is 5.73. The number of ether oxygens (including phenoxy) is 2. The lowest BCUT2D eigenvalue weighted by molar-refractivity contribution is 0.0687. The summed E-state index contributed by atoms with van der Waals surface area (Å²) < 4.78 is 10.6. The van der Waals surface area contributed by atoms with Crippen molar-refractivity contribution in [2.45, 2.75) is 12.8 Å². The van der Waals surface area contributed by atoms with Crippen LogP contribution in [0.5, 0.6) is 17.5 Å². The molecular formula is C14H12N4O4. The van der Waals surface area contributed by atoms with Gasteiger partial charge in [0.25, 0.3) is 5.88 Å². The van der Waals surface area contributed by atoms with E-state index in [9.17, 15) is 4.79 Å². The van der Waals surface area contributed by atoms with Crippen LogP contribution in [0.1, 0.15) is 28.9 Å². The predicted molar refractivity (Wildman–Crippen MR) is 73.8 cm³/mol. The number of hydrogen-bond acceptors (Lipinski definition) is 6. The average molecular weight is 300 g/mol. The fourth-order valence-electron chi connectivity index (χ4n) is 1.69. The second-order valence-corrected chi connectivity index (χ2v) is 4.67. The van der Waals surface area contributed by atoms with Crippen LogP contribution in [0.15, 0.2) is 12.3 Å². The third-order valence-corrected chi connectivity index (χ3v) is 2.95.